The molecule has 1 heterocycles. The Bertz CT molecular complexity index is 636. The van der Waals surface area contributed by atoms with Crippen molar-refractivity contribution in [2.75, 3.05) is 0 Å². The zero-order valence-corrected chi connectivity index (χ0v) is 16.8. The second-order valence-electron chi connectivity index (χ2n) is 5.56. The van der Waals surface area contributed by atoms with Crippen LogP contribution in [-0.2, 0) is 26.3 Å². The Morgan fingerprint density at radius 3 is 2.00 bits per heavy atom. The molecule has 1 aromatic heterocycles. The monoisotopic (exact) mass is 545 g/mol. The van der Waals surface area contributed by atoms with Gasteiger partial charge in [-0.05, 0) is 26.0 Å². The molecule has 0 aliphatic rings. The van der Waals surface area contributed by atoms with Crippen LogP contribution in [0, 0.1) is 6.08 Å². The smallest absolute Gasteiger partial charge is 0.393 e. The van der Waals surface area contributed by atoms with Gasteiger partial charge in [0.05, 0.1) is 17.8 Å². The molecule has 2 N–H and O–H groups in total. The zero-order valence-electron chi connectivity index (χ0n) is 14.4. The Labute approximate surface area is 165 Å². The van der Waals surface area contributed by atoms with Gasteiger partial charge >= 0.3 is 6.18 Å². The molecule has 2 aromatic rings. The van der Waals surface area contributed by atoms with E-state index in [2.05, 4.69) is 11.1 Å². The molecule has 1 radical (unpaired) electrons. The number of aromatic nitrogens is 1. The third-order valence-corrected chi connectivity index (χ3v) is 2.96. The molecule has 2 atom stereocenters. The number of benzene rings is 1. The van der Waals surface area contributed by atoms with Gasteiger partial charge in [-0.25, -0.2) is 0 Å². The van der Waals surface area contributed by atoms with E-state index in [4.69, 9.17) is 10.2 Å². The molecule has 3 nitrogen and oxygen atoms in total. The molecule has 0 saturated carbocycles. The average molecular weight is 545 g/mol. The van der Waals surface area contributed by atoms with Gasteiger partial charge in [0, 0.05) is 26.3 Å². The van der Waals surface area contributed by atoms with Crippen LogP contribution in [0.3, 0.4) is 0 Å². The third kappa shape index (κ3) is 10.5. The predicted molar refractivity (Wildman–Crippen MR) is 90.5 cm³/mol. The molecule has 0 fully saturated rings. The summed E-state index contributed by atoms with van der Waals surface area (Å²) in [4.78, 5) is 3.72. The molecular weight excluding hydrogens is 523 g/mol. The van der Waals surface area contributed by atoms with Crippen molar-refractivity contribution >= 4 is 6.08 Å². The Kier molecular flexibility index (Phi) is 11.3. The summed E-state index contributed by atoms with van der Waals surface area (Å²) in [6.07, 6.45) is 0.693. The number of pyridine rings is 1. The summed E-state index contributed by atoms with van der Waals surface area (Å²) in [5, 5.41) is 17.1. The van der Waals surface area contributed by atoms with Crippen LogP contribution in [0.5, 0.6) is 0 Å². The van der Waals surface area contributed by atoms with Crippen LogP contribution in [0.15, 0.2) is 48.7 Å². The second-order valence-corrected chi connectivity index (χ2v) is 5.56. The summed E-state index contributed by atoms with van der Waals surface area (Å²) in [5.74, 6) is 0. The Balaban J connectivity index is 0.000000673. The number of rotatable bonds is 4. The van der Waals surface area contributed by atoms with Gasteiger partial charge in [0.1, 0.15) is 0 Å². The Hall–Kier alpha value is -1.53. The number of nitrogens with zero attached hydrogens (tertiary/aromatic N) is 1. The largest absolute Gasteiger partial charge is 0.417 e. The maximum atomic E-state index is 12.3. The van der Waals surface area contributed by atoms with E-state index in [1.807, 2.05) is 30.3 Å². The summed E-state index contributed by atoms with van der Waals surface area (Å²) in [7, 11) is 0. The van der Waals surface area contributed by atoms with Gasteiger partial charge in [0.2, 0.25) is 0 Å². The maximum absolute atomic E-state index is 12.3. The fourth-order valence-electron chi connectivity index (χ4n) is 1.84. The average Bonchev–Trinajstić information content (AvgIpc) is 2.53. The van der Waals surface area contributed by atoms with Crippen molar-refractivity contribution < 1.29 is 43.5 Å². The topological polar surface area (TPSA) is 53.4 Å². The number of hydrogen-bond donors (Lipinski definition) is 2. The molecule has 0 spiro atoms. The van der Waals surface area contributed by atoms with Gasteiger partial charge < -0.3 is 15.2 Å². The molecule has 1 aromatic carbocycles. The molecule has 7 heteroatoms. The minimum Gasteiger partial charge on any atom is -0.393 e. The Morgan fingerprint density at radius 2 is 1.62 bits per heavy atom. The molecule has 2 rings (SSSR count). The van der Waals surface area contributed by atoms with Gasteiger partial charge in [-0.2, -0.15) is 13.2 Å². The predicted octanol–water partition coefficient (Wildman–Crippen LogP) is 4.10. The van der Waals surface area contributed by atoms with Crippen molar-refractivity contribution in [1.29, 1.82) is 0 Å². The maximum Gasteiger partial charge on any atom is 0.417 e. The van der Waals surface area contributed by atoms with Gasteiger partial charge in [-0.15, -0.1) is 42.0 Å². The van der Waals surface area contributed by atoms with Crippen molar-refractivity contribution in [3.05, 3.63) is 71.6 Å². The van der Waals surface area contributed by atoms with Crippen molar-refractivity contribution in [3.8, 4) is 0 Å². The molecule has 0 aliphatic carbocycles. The van der Waals surface area contributed by atoms with Crippen LogP contribution in [0.25, 0.3) is 6.08 Å². The molecule has 145 valence electrons. The van der Waals surface area contributed by atoms with Crippen LogP contribution in [0.2, 0.25) is 0 Å². The normalized spacial score (nSPS) is 13.3. The number of halogens is 3. The molecule has 0 bridgehead atoms. The number of aliphatic hydroxyl groups excluding tert-OH is 2. The quantitative estimate of drug-likeness (QED) is 0.570. The van der Waals surface area contributed by atoms with Crippen molar-refractivity contribution in [2.24, 2.45) is 0 Å². The van der Waals surface area contributed by atoms with Crippen LogP contribution >= 0.6 is 0 Å². The van der Waals surface area contributed by atoms with Crippen LogP contribution in [-0.4, -0.2) is 27.4 Å². The summed E-state index contributed by atoms with van der Waals surface area (Å²) in [6, 6.07) is 11.6. The number of hydrogen-bond acceptors (Lipinski definition) is 3. The molecule has 2 unspecified atom stereocenters. The van der Waals surface area contributed by atoms with Crippen molar-refractivity contribution in [1.82, 2.24) is 4.98 Å². The number of aliphatic hydroxyl groups is 2. The van der Waals surface area contributed by atoms with Crippen LogP contribution < -0.4 is 0 Å². The first kappa shape index (κ1) is 24.5. The van der Waals surface area contributed by atoms with E-state index >= 15 is 0 Å². The second kappa shape index (κ2) is 12.0. The van der Waals surface area contributed by atoms with E-state index in [1.54, 1.807) is 19.9 Å². The first-order valence-electron chi connectivity index (χ1n) is 7.72. The van der Waals surface area contributed by atoms with Gasteiger partial charge in [0.25, 0.3) is 0 Å². The third-order valence-electron chi connectivity index (χ3n) is 2.96. The zero-order chi connectivity index (χ0) is 18.9. The van der Waals surface area contributed by atoms with E-state index < -0.39 is 11.7 Å². The van der Waals surface area contributed by atoms with E-state index in [0.717, 1.165) is 17.8 Å². The van der Waals surface area contributed by atoms with Gasteiger partial charge in [-0.3, -0.25) is 0 Å². The minimum absolute atomic E-state index is 0. The fraction of sp³-hybridized carbons (Fsp3) is 0.316. The summed E-state index contributed by atoms with van der Waals surface area (Å²) in [6.45, 7) is 3.32. The first-order valence-corrected chi connectivity index (χ1v) is 7.72. The standard InChI is InChI=1S/C14H9F3N.C5H12O2.Ir/c15-14(16,17)12-7-9-13(18-10-12)8-6-11-4-2-1-3-5-11;1-4(6)3-5(2)7;/h1-5,7-10H;4-7H,3H2,1-2H3;/q-1;;. The molecule has 26 heavy (non-hydrogen) atoms. The van der Waals surface area contributed by atoms with E-state index in [9.17, 15) is 13.2 Å². The summed E-state index contributed by atoms with van der Waals surface area (Å²) in [5.41, 5.74) is 0.533. The van der Waals surface area contributed by atoms with E-state index in [-0.39, 0.29) is 32.3 Å². The fourth-order valence-corrected chi connectivity index (χ4v) is 1.84. The molecule has 0 aliphatic heterocycles. The first-order chi connectivity index (χ1) is 11.7. The van der Waals surface area contributed by atoms with Gasteiger partial charge in [0.15, 0.2) is 0 Å². The van der Waals surface area contributed by atoms with Crippen molar-refractivity contribution in [2.45, 2.75) is 38.7 Å². The van der Waals surface area contributed by atoms with Gasteiger partial charge in [-0.1, -0.05) is 18.2 Å². The number of alkyl halides is 3. The summed E-state index contributed by atoms with van der Waals surface area (Å²) >= 11 is 0. The minimum atomic E-state index is -4.35. The van der Waals surface area contributed by atoms with E-state index in [0.29, 0.717) is 12.1 Å². The van der Waals surface area contributed by atoms with E-state index in [1.165, 1.54) is 6.07 Å². The molecule has 0 amide bonds. The SMILES string of the molecule is CC(O)CC(C)O.FC(F)(F)c1ccc(C=[C-]c2ccccc2)nc1.[Ir]. The summed E-state index contributed by atoms with van der Waals surface area (Å²) < 4.78 is 36.9. The molecule has 0 saturated heterocycles. The molecular formula is C19H21F3IrNO2-. The Morgan fingerprint density at radius 1 is 1.04 bits per heavy atom. The van der Waals surface area contributed by atoms with Crippen LogP contribution in [0.1, 0.15) is 37.1 Å². The van der Waals surface area contributed by atoms with Crippen LogP contribution in [0.4, 0.5) is 13.2 Å². The van der Waals surface area contributed by atoms with Crippen molar-refractivity contribution in [3.63, 3.8) is 0 Å².